The molecule has 106 valence electrons. The predicted molar refractivity (Wildman–Crippen MR) is 84.8 cm³/mol. The molecule has 0 atom stereocenters. The zero-order valence-electron chi connectivity index (χ0n) is 11.1. The van der Waals surface area contributed by atoms with Crippen LogP contribution in [0, 0.1) is 13.8 Å². The van der Waals surface area contributed by atoms with Crippen LogP contribution < -0.4 is 5.32 Å². The van der Waals surface area contributed by atoms with E-state index in [4.69, 9.17) is 11.6 Å². The second-order valence-corrected chi connectivity index (χ2v) is 7.13. The molecular weight excluding hydrogens is 314 g/mol. The summed E-state index contributed by atoms with van der Waals surface area (Å²) in [7, 11) is 0. The van der Waals surface area contributed by atoms with Gasteiger partial charge in [0.15, 0.2) is 4.34 Å². The topological polar surface area (TPSA) is 54.9 Å². The molecular formula is C13H14ClN3OS2. The van der Waals surface area contributed by atoms with E-state index in [0.29, 0.717) is 17.2 Å². The molecule has 0 bridgehead atoms. The number of carbonyl (C=O) groups is 1. The first-order valence-electron chi connectivity index (χ1n) is 6.03. The zero-order chi connectivity index (χ0) is 14.5. The van der Waals surface area contributed by atoms with Gasteiger partial charge in [-0.2, -0.15) is 0 Å². The maximum atomic E-state index is 11.8. The Hall–Kier alpha value is -1.11. The van der Waals surface area contributed by atoms with Crippen molar-refractivity contribution in [1.29, 1.82) is 0 Å². The van der Waals surface area contributed by atoms with Gasteiger partial charge in [-0.25, -0.2) is 0 Å². The molecule has 4 nitrogen and oxygen atoms in total. The first-order chi connectivity index (χ1) is 9.54. The maximum absolute atomic E-state index is 11.8. The van der Waals surface area contributed by atoms with Gasteiger partial charge in [-0.1, -0.05) is 40.8 Å². The standard InChI is InChI=1S/C13H14ClN3OS2/c1-8-3-4-10(7-11(8)14)15-12(18)5-6-19-13-17-16-9(2)20-13/h3-4,7H,5-6H2,1-2H3,(H,15,18). The first kappa shape index (κ1) is 15.3. The number of halogens is 1. The van der Waals surface area contributed by atoms with Crippen molar-refractivity contribution >= 4 is 46.3 Å². The van der Waals surface area contributed by atoms with Crippen LogP contribution in [-0.2, 0) is 4.79 Å². The highest BCUT2D eigenvalue weighted by Crippen LogP contribution is 2.23. The molecule has 2 aromatic rings. The normalized spacial score (nSPS) is 10.6. The second kappa shape index (κ2) is 7.06. The van der Waals surface area contributed by atoms with Gasteiger partial charge in [0.05, 0.1) is 0 Å². The van der Waals surface area contributed by atoms with Crippen LogP contribution in [0.5, 0.6) is 0 Å². The van der Waals surface area contributed by atoms with Gasteiger partial charge in [-0.05, 0) is 31.5 Å². The Labute approximate surface area is 130 Å². The molecule has 0 saturated heterocycles. The van der Waals surface area contributed by atoms with Gasteiger partial charge in [0.1, 0.15) is 5.01 Å². The number of anilines is 1. The summed E-state index contributed by atoms with van der Waals surface area (Å²) in [5.74, 6) is 0.652. The van der Waals surface area contributed by atoms with Crippen molar-refractivity contribution in [3.8, 4) is 0 Å². The van der Waals surface area contributed by atoms with Crippen LogP contribution in [0.4, 0.5) is 5.69 Å². The molecule has 0 aliphatic rings. The highest BCUT2D eigenvalue weighted by atomic mass is 35.5. The fourth-order valence-electron chi connectivity index (χ4n) is 1.46. The number of aromatic nitrogens is 2. The van der Waals surface area contributed by atoms with E-state index < -0.39 is 0 Å². The van der Waals surface area contributed by atoms with Crippen LogP contribution in [0.25, 0.3) is 0 Å². The molecule has 1 heterocycles. The molecule has 1 aromatic carbocycles. The van der Waals surface area contributed by atoms with E-state index in [1.54, 1.807) is 17.8 Å². The summed E-state index contributed by atoms with van der Waals surface area (Å²) in [4.78, 5) is 11.8. The average Bonchev–Trinajstić information content (AvgIpc) is 2.80. The van der Waals surface area contributed by atoms with Gasteiger partial charge in [0.2, 0.25) is 5.91 Å². The van der Waals surface area contributed by atoms with Crippen LogP contribution >= 0.6 is 34.7 Å². The zero-order valence-corrected chi connectivity index (χ0v) is 13.5. The Morgan fingerprint density at radius 1 is 1.40 bits per heavy atom. The first-order valence-corrected chi connectivity index (χ1v) is 8.21. The Kier molecular flexibility index (Phi) is 5.39. The van der Waals surface area contributed by atoms with Crippen molar-refractivity contribution in [2.45, 2.75) is 24.6 Å². The molecule has 0 unspecified atom stereocenters. The minimum atomic E-state index is -0.0290. The summed E-state index contributed by atoms with van der Waals surface area (Å²) in [5.41, 5.74) is 1.72. The van der Waals surface area contributed by atoms with E-state index in [1.807, 2.05) is 26.0 Å². The predicted octanol–water partition coefficient (Wildman–Crippen LogP) is 3.93. The number of hydrogen-bond acceptors (Lipinski definition) is 5. The van der Waals surface area contributed by atoms with Gasteiger partial charge in [0.25, 0.3) is 0 Å². The molecule has 1 aromatic heterocycles. The highest BCUT2D eigenvalue weighted by Gasteiger charge is 2.06. The number of thioether (sulfide) groups is 1. The third kappa shape index (κ3) is 4.47. The number of hydrogen-bond donors (Lipinski definition) is 1. The number of nitrogens with zero attached hydrogens (tertiary/aromatic N) is 2. The summed E-state index contributed by atoms with van der Waals surface area (Å²) in [6.07, 6.45) is 0.425. The van der Waals surface area contributed by atoms with Crippen LogP contribution in [0.2, 0.25) is 5.02 Å². The Morgan fingerprint density at radius 3 is 2.85 bits per heavy atom. The summed E-state index contributed by atoms with van der Waals surface area (Å²) >= 11 is 9.10. The van der Waals surface area contributed by atoms with Crippen molar-refractivity contribution in [3.63, 3.8) is 0 Å². The molecule has 2 rings (SSSR count). The lowest BCUT2D eigenvalue weighted by molar-refractivity contribution is -0.115. The maximum Gasteiger partial charge on any atom is 0.225 e. The molecule has 0 spiro atoms. The second-order valence-electron chi connectivity index (χ2n) is 4.20. The van der Waals surface area contributed by atoms with E-state index in [0.717, 1.165) is 20.6 Å². The number of carbonyl (C=O) groups excluding carboxylic acids is 1. The fraction of sp³-hybridized carbons (Fsp3) is 0.308. The fourth-order valence-corrected chi connectivity index (χ4v) is 3.47. The van der Waals surface area contributed by atoms with E-state index in [1.165, 1.54) is 11.3 Å². The lowest BCUT2D eigenvalue weighted by Crippen LogP contribution is -2.12. The largest absolute Gasteiger partial charge is 0.326 e. The summed E-state index contributed by atoms with van der Waals surface area (Å²) in [5, 5.41) is 12.4. The Bertz CT molecular complexity index is 615. The summed E-state index contributed by atoms with van der Waals surface area (Å²) in [6.45, 7) is 3.84. The van der Waals surface area contributed by atoms with Crippen molar-refractivity contribution in [2.24, 2.45) is 0 Å². The van der Waals surface area contributed by atoms with Crippen LogP contribution in [0.1, 0.15) is 17.0 Å². The molecule has 0 saturated carbocycles. The van der Waals surface area contributed by atoms with E-state index >= 15 is 0 Å². The SMILES string of the molecule is Cc1nnc(SCCC(=O)Nc2ccc(C)c(Cl)c2)s1. The minimum Gasteiger partial charge on any atom is -0.326 e. The quantitative estimate of drug-likeness (QED) is 0.845. The third-order valence-corrected chi connectivity index (χ3v) is 4.90. The van der Waals surface area contributed by atoms with Gasteiger partial charge < -0.3 is 5.32 Å². The van der Waals surface area contributed by atoms with Crippen LogP contribution in [0.15, 0.2) is 22.5 Å². The number of benzene rings is 1. The highest BCUT2D eigenvalue weighted by molar-refractivity contribution is 8.01. The summed E-state index contributed by atoms with van der Waals surface area (Å²) < 4.78 is 0.897. The molecule has 7 heteroatoms. The van der Waals surface area contributed by atoms with Crippen molar-refractivity contribution in [2.75, 3.05) is 11.1 Å². The van der Waals surface area contributed by atoms with Gasteiger partial charge in [-0.15, -0.1) is 10.2 Å². The molecule has 20 heavy (non-hydrogen) atoms. The number of nitrogens with one attached hydrogen (secondary N) is 1. The average molecular weight is 328 g/mol. The smallest absolute Gasteiger partial charge is 0.225 e. The lowest BCUT2D eigenvalue weighted by Gasteiger charge is -2.06. The van der Waals surface area contributed by atoms with E-state index in [9.17, 15) is 4.79 Å². The van der Waals surface area contributed by atoms with Gasteiger partial charge in [-0.3, -0.25) is 4.79 Å². The van der Waals surface area contributed by atoms with Gasteiger partial charge in [0, 0.05) is 22.9 Å². The van der Waals surface area contributed by atoms with E-state index in [-0.39, 0.29) is 5.91 Å². The van der Waals surface area contributed by atoms with Crippen molar-refractivity contribution in [3.05, 3.63) is 33.8 Å². The minimum absolute atomic E-state index is 0.0290. The summed E-state index contributed by atoms with van der Waals surface area (Å²) in [6, 6.07) is 5.49. The number of amides is 1. The lowest BCUT2D eigenvalue weighted by atomic mass is 10.2. The molecule has 0 aliphatic heterocycles. The van der Waals surface area contributed by atoms with Crippen LogP contribution in [0.3, 0.4) is 0 Å². The molecule has 1 N–H and O–H groups in total. The molecule has 0 aliphatic carbocycles. The van der Waals surface area contributed by atoms with Crippen molar-refractivity contribution < 1.29 is 4.79 Å². The number of aryl methyl sites for hydroxylation is 2. The molecule has 1 amide bonds. The Morgan fingerprint density at radius 2 is 2.20 bits per heavy atom. The Balaban J connectivity index is 1.79. The number of rotatable bonds is 5. The van der Waals surface area contributed by atoms with E-state index in [2.05, 4.69) is 15.5 Å². The van der Waals surface area contributed by atoms with Crippen molar-refractivity contribution in [1.82, 2.24) is 10.2 Å². The molecule has 0 fully saturated rings. The van der Waals surface area contributed by atoms with Gasteiger partial charge >= 0.3 is 0 Å². The van der Waals surface area contributed by atoms with Crippen LogP contribution in [-0.4, -0.2) is 21.9 Å². The molecule has 0 radical (unpaired) electrons. The monoisotopic (exact) mass is 327 g/mol. The third-order valence-electron chi connectivity index (χ3n) is 2.52.